The third-order valence-corrected chi connectivity index (χ3v) is 6.09. The minimum atomic E-state index is -4.91. The third-order valence-electron chi connectivity index (χ3n) is 4.38. The van der Waals surface area contributed by atoms with Crippen LogP contribution in [0, 0.1) is 0 Å². The number of hydrogen-bond acceptors (Lipinski definition) is 4. The zero-order valence-corrected chi connectivity index (χ0v) is 17.4. The van der Waals surface area contributed by atoms with E-state index in [0.717, 1.165) is 12.1 Å². The smallest absolute Gasteiger partial charge is 0.417 e. The number of methoxy groups -OCH3 is 1. The van der Waals surface area contributed by atoms with Crippen LogP contribution in [0.25, 0.3) is 0 Å². The van der Waals surface area contributed by atoms with Crippen molar-refractivity contribution in [1.29, 1.82) is 0 Å². The summed E-state index contributed by atoms with van der Waals surface area (Å²) in [5.41, 5.74) is -0.882. The standard InChI is InChI=1S/C19H17ClF3N3O3S/c1-26-10-9-24-18(26)17(12-3-6-14(29-2)7-4-12)25-30(27,28)16-8-5-13(20)11-15(16)19(21,22)23/h3-11,17,25H,1-2H3/t17-/m1/s1. The van der Waals surface area contributed by atoms with E-state index in [0.29, 0.717) is 23.2 Å². The van der Waals surface area contributed by atoms with Crippen molar-refractivity contribution in [3.63, 3.8) is 0 Å². The van der Waals surface area contributed by atoms with Crippen LogP contribution >= 0.6 is 11.6 Å². The van der Waals surface area contributed by atoms with Gasteiger partial charge in [-0.3, -0.25) is 0 Å². The molecule has 0 aliphatic heterocycles. The molecule has 160 valence electrons. The highest BCUT2D eigenvalue weighted by Crippen LogP contribution is 2.36. The van der Waals surface area contributed by atoms with Gasteiger partial charge in [0.25, 0.3) is 0 Å². The minimum absolute atomic E-state index is 0.225. The van der Waals surface area contributed by atoms with E-state index in [2.05, 4.69) is 9.71 Å². The van der Waals surface area contributed by atoms with Crippen LogP contribution < -0.4 is 9.46 Å². The van der Waals surface area contributed by atoms with Crippen LogP contribution in [0.2, 0.25) is 5.02 Å². The highest BCUT2D eigenvalue weighted by atomic mass is 35.5. The van der Waals surface area contributed by atoms with E-state index in [9.17, 15) is 21.6 Å². The highest BCUT2D eigenvalue weighted by Gasteiger charge is 2.38. The fourth-order valence-corrected chi connectivity index (χ4v) is 4.46. The van der Waals surface area contributed by atoms with E-state index in [-0.39, 0.29) is 5.02 Å². The van der Waals surface area contributed by atoms with Gasteiger partial charge >= 0.3 is 6.18 Å². The van der Waals surface area contributed by atoms with Crippen molar-refractivity contribution < 1.29 is 26.3 Å². The van der Waals surface area contributed by atoms with Gasteiger partial charge in [-0.25, -0.2) is 13.4 Å². The Morgan fingerprint density at radius 2 is 1.83 bits per heavy atom. The Morgan fingerprint density at radius 1 is 1.17 bits per heavy atom. The maximum atomic E-state index is 13.5. The molecule has 0 bridgehead atoms. The fourth-order valence-electron chi connectivity index (χ4n) is 2.90. The summed E-state index contributed by atoms with van der Waals surface area (Å²) in [6.45, 7) is 0. The molecular formula is C19H17ClF3N3O3S. The molecule has 3 aromatic rings. The molecule has 0 fully saturated rings. The van der Waals surface area contributed by atoms with Crippen molar-refractivity contribution in [2.24, 2.45) is 7.05 Å². The minimum Gasteiger partial charge on any atom is -0.497 e. The van der Waals surface area contributed by atoms with E-state index in [4.69, 9.17) is 16.3 Å². The lowest BCUT2D eigenvalue weighted by molar-refractivity contribution is -0.139. The van der Waals surface area contributed by atoms with Gasteiger partial charge in [-0.15, -0.1) is 0 Å². The van der Waals surface area contributed by atoms with E-state index >= 15 is 0 Å². The van der Waals surface area contributed by atoms with Gasteiger partial charge in [0.1, 0.15) is 17.6 Å². The van der Waals surface area contributed by atoms with Crippen molar-refractivity contribution in [3.8, 4) is 5.75 Å². The van der Waals surface area contributed by atoms with Crippen molar-refractivity contribution in [2.75, 3.05) is 7.11 Å². The van der Waals surface area contributed by atoms with Crippen LogP contribution in [-0.2, 0) is 23.2 Å². The Bertz CT molecular complexity index is 1150. The van der Waals surface area contributed by atoms with Crippen LogP contribution in [0.1, 0.15) is 23.0 Å². The maximum absolute atomic E-state index is 13.5. The molecule has 0 radical (unpaired) electrons. The molecule has 3 rings (SSSR count). The van der Waals surface area contributed by atoms with E-state index < -0.39 is 32.7 Å². The molecule has 0 saturated heterocycles. The Hall–Kier alpha value is -2.56. The number of hydrogen-bond donors (Lipinski definition) is 1. The summed E-state index contributed by atoms with van der Waals surface area (Å²) in [5.74, 6) is 0.837. The topological polar surface area (TPSA) is 73.2 Å². The molecule has 1 heterocycles. The second kappa shape index (κ2) is 8.29. The number of ether oxygens (including phenoxy) is 1. The Balaban J connectivity index is 2.10. The average Bonchev–Trinajstić information content (AvgIpc) is 3.11. The van der Waals surface area contributed by atoms with Crippen molar-refractivity contribution in [1.82, 2.24) is 14.3 Å². The molecule has 0 aliphatic rings. The van der Waals surface area contributed by atoms with Gasteiger partial charge in [0.05, 0.1) is 17.6 Å². The first-order valence-corrected chi connectivity index (χ1v) is 10.4. The molecule has 1 atom stereocenters. The monoisotopic (exact) mass is 459 g/mol. The van der Waals surface area contributed by atoms with Crippen molar-refractivity contribution in [3.05, 3.63) is 76.8 Å². The summed E-state index contributed by atoms with van der Waals surface area (Å²) in [7, 11) is -1.48. The number of rotatable bonds is 6. The van der Waals surface area contributed by atoms with Gasteiger partial charge in [-0.1, -0.05) is 23.7 Å². The molecule has 0 saturated carbocycles. The molecule has 1 aromatic heterocycles. The molecule has 0 unspecified atom stereocenters. The fraction of sp³-hybridized carbons (Fsp3) is 0.211. The van der Waals surface area contributed by atoms with Crippen LogP contribution in [0.3, 0.4) is 0 Å². The van der Waals surface area contributed by atoms with E-state index in [1.54, 1.807) is 42.1 Å². The van der Waals surface area contributed by atoms with Gasteiger partial charge in [-0.2, -0.15) is 17.9 Å². The second-order valence-electron chi connectivity index (χ2n) is 6.36. The molecule has 1 N–H and O–H groups in total. The number of alkyl halides is 3. The molecule has 0 spiro atoms. The summed E-state index contributed by atoms with van der Waals surface area (Å²) < 4.78 is 75.4. The Kier molecular flexibility index (Phi) is 6.11. The van der Waals surface area contributed by atoms with E-state index in [1.165, 1.54) is 13.3 Å². The number of halogens is 4. The van der Waals surface area contributed by atoms with E-state index in [1.807, 2.05) is 0 Å². The summed E-state index contributed by atoms with van der Waals surface area (Å²) in [6.07, 6.45) is -1.85. The Morgan fingerprint density at radius 3 is 2.37 bits per heavy atom. The van der Waals surface area contributed by atoms with Crippen LogP contribution in [0.4, 0.5) is 13.2 Å². The predicted molar refractivity (Wildman–Crippen MR) is 105 cm³/mol. The molecule has 2 aromatic carbocycles. The molecular weight excluding hydrogens is 443 g/mol. The molecule has 0 aliphatic carbocycles. The zero-order valence-electron chi connectivity index (χ0n) is 15.8. The number of nitrogens with zero attached hydrogens (tertiary/aromatic N) is 2. The lowest BCUT2D eigenvalue weighted by Crippen LogP contribution is -2.32. The van der Waals surface area contributed by atoms with Crippen LogP contribution in [0.15, 0.2) is 59.8 Å². The normalized spacial score (nSPS) is 13.3. The van der Waals surface area contributed by atoms with Crippen LogP contribution in [0.5, 0.6) is 5.75 Å². The first-order chi connectivity index (χ1) is 14.0. The number of sulfonamides is 1. The number of aromatic nitrogens is 2. The van der Waals surface area contributed by atoms with Crippen LogP contribution in [-0.4, -0.2) is 25.1 Å². The van der Waals surface area contributed by atoms with Crippen molar-refractivity contribution >= 4 is 21.6 Å². The molecule has 6 nitrogen and oxygen atoms in total. The second-order valence-corrected chi connectivity index (χ2v) is 8.48. The average molecular weight is 460 g/mol. The quantitative estimate of drug-likeness (QED) is 0.600. The SMILES string of the molecule is COc1ccc([C@@H](NS(=O)(=O)c2ccc(Cl)cc2C(F)(F)F)c2nccn2C)cc1. The number of imidazole rings is 1. The Labute approximate surface area is 176 Å². The van der Waals surface area contributed by atoms with Gasteiger partial charge in [0, 0.05) is 24.5 Å². The first kappa shape index (κ1) is 22.1. The summed E-state index contributed by atoms with van der Waals surface area (Å²) in [6, 6.07) is 7.90. The van der Waals surface area contributed by atoms with Gasteiger partial charge < -0.3 is 9.30 Å². The summed E-state index contributed by atoms with van der Waals surface area (Å²) in [5, 5.41) is -0.225. The van der Waals surface area contributed by atoms with Gasteiger partial charge in [0.15, 0.2) is 0 Å². The lowest BCUT2D eigenvalue weighted by Gasteiger charge is -2.21. The highest BCUT2D eigenvalue weighted by molar-refractivity contribution is 7.89. The number of nitrogens with one attached hydrogen (secondary N) is 1. The molecule has 0 amide bonds. The number of benzene rings is 2. The summed E-state index contributed by atoms with van der Waals surface area (Å²) in [4.78, 5) is 3.24. The van der Waals surface area contributed by atoms with Gasteiger partial charge in [-0.05, 0) is 35.9 Å². The summed E-state index contributed by atoms with van der Waals surface area (Å²) >= 11 is 5.66. The first-order valence-electron chi connectivity index (χ1n) is 8.53. The largest absolute Gasteiger partial charge is 0.497 e. The molecule has 11 heteroatoms. The number of aryl methyl sites for hydroxylation is 1. The zero-order chi connectivity index (χ0) is 22.1. The lowest BCUT2D eigenvalue weighted by atomic mass is 10.1. The van der Waals surface area contributed by atoms with Gasteiger partial charge in [0.2, 0.25) is 10.0 Å². The maximum Gasteiger partial charge on any atom is 0.417 e. The van der Waals surface area contributed by atoms with Crippen molar-refractivity contribution in [2.45, 2.75) is 17.1 Å². The third kappa shape index (κ3) is 4.61. The predicted octanol–water partition coefficient (Wildman–Crippen LogP) is 4.17. The molecule has 30 heavy (non-hydrogen) atoms.